The number of rotatable bonds is 3. The second kappa shape index (κ2) is 5.13. The molecule has 1 saturated heterocycles. The molecule has 2 aliphatic rings. The largest absolute Gasteiger partial charge is 0.329 e. The van der Waals surface area contributed by atoms with Crippen LogP contribution >= 0.6 is 0 Å². The van der Waals surface area contributed by atoms with E-state index in [0.29, 0.717) is 6.04 Å². The summed E-state index contributed by atoms with van der Waals surface area (Å²) < 4.78 is 0. The Bertz CT molecular complexity index is 158. The van der Waals surface area contributed by atoms with E-state index in [-0.39, 0.29) is 0 Å². The molecule has 2 nitrogen and oxygen atoms in total. The van der Waals surface area contributed by atoms with Gasteiger partial charge < -0.3 is 5.73 Å². The van der Waals surface area contributed by atoms with Gasteiger partial charge >= 0.3 is 0 Å². The molecular formula is C12H24N2. The summed E-state index contributed by atoms with van der Waals surface area (Å²) in [6.45, 7) is 3.49. The number of hydrogen-bond donors (Lipinski definition) is 1. The van der Waals surface area contributed by atoms with Crippen LogP contribution in [0.3, 0.4) is 0 Å². The summed E-state index contributed by atoms with van der Waals surface area (Å²) >= 11 is 0. The molecule has 1 saturated carbocycles. The van der Waals surface area contributed by atoms with Crippen molar-refractivity contribution < 1.29 is 0 Å². The summed E-state index contributed by atoms with van der Waals surface area (Å²) in [7, 11) is 0. The lowest BCUT2D eigenvalue weighted by Gasteiger charge is -2.42. The smallest absolute Gasteiger partial charge is 0.0246 e. The molecule has 0 aromatic carbocycles. The number of nitrogens with two attached hydrogens (primary N) is 1. The Morgan fingerprint density at radius 1 is 1.00 bits per heavy atom. The fourth-order valence-corrected chi connectivity index (χ4v) is 3.01. The number of likely N-dealkylation sites (tertiary alicyclic amines) is 1. The first-order chi connectivity index (χ1) is 6.92. The molecule has 82 valence electrons. The van der Waals surface area contributed by atoms with E-state index in [9.17, 15) is 0 Å². The van der Waals surface area contributed by atoms with Crippen LogP contribution in [0.2, 0.25) is 0 Å². The lowest BCUT2D eigenvalue weighted by Crippen LogP contribution is -2.52. The van der Waals surface area contributed by atoms with Crippen LogP contribution in [0.25, 0.3) is 0 Å². The van der Waals surface area contributed by atoms with Crippen molar-refractivity contribution in [3.8, 4) is 0 Å². The molecule has 1 aliphatic carbocycles. The van der Waals surface area contributed by atoms with Gasteiger partial charge in [-0.2, -0.15) is 0 Å². The van der Waals surface area contributed by atoms with E-state index in [4.69, 9.17) is 5.73 Å². The van der Waals surface area contributed by atoms with Crippen LogP contribution in [0.15, 0.2) is 0 Å². The topological polar surface area (TPSA) is 29.3 Å². The van der Waals surface area contributed by atoms with Gasteiger partial charge in [-0.05, 0) is 38.3 Å². The third kappa shape index (κ3) is 2.29. The van der Waals surface area contributed by atoms with Gasteiger partial charge in [0.05, 0.1) is 0 Å². The third-order valence-corrected chi connectivity index (χ3v) is 4.05. The highest BCUT2D eigenvalue weighted by atomic mass is 15.2. The maximum atomic E-state index is 5.92. The van der Waals surface area contributed by atoms with Gasteiger partial charge in [-0.3, -0.25) is 4.90 Å². The van der Waals surface area contributed by atoms with Gasteiger partial charge in [-0.25, -0.2) is 0 Å². The molecule has 2 N–H and O–H groups in total. The van der Waals surface area contributed by atoms with Crippen LogP contribution in [0, 0.1) is 5.92 Å². The molecule has 2 heteroatoms. The first-order valence-electron chi connectivity index (χ1n) is 6.36. The molecule has 0 amide bonds. The normalized spacial score (nSPS) is 28.1. The highest BCUT2D eigenvalue weighted by Crippen LogP contribution is 2.29. The average molecular weight is 196 g/mol. The Balaban J connectivity index is 1.87. The van der Waals surface area contributed by atoms with Crippen molar-refractivity contribution in [2.75, 3.05) is 19.6 Å². The van der Waals surface area contributed by atoms with Gasteiger partial charge in [0.15, 0.2) is 0 Å². The minimum Gasteiger partial charge on any atom is -0.329 e. The van der Waals surface area contributed by atoms with E-state index in [1.807, 2.05) is 0 Å². The molecule has 1 atom stereocenters. The Morgan fingerprint density at radius 3 is 2.07 bits per heavy atom. The van der Waals surface area contributed by atoms with Crippen molar-refractivity contribution in [2.24, 2.45) is 11.7 Å². The van der Waals surface area contributed by atoms with E-state index in [1.54, 1.807) is 0 Å². The molecule has 1 heterocycles. The lowest BCUT2D eigenvalue weighted by atomic mass is 9.89. The number of nitrogens with zero attached hydrogens (tertiary/aromatic N) is 1. The second-order valence-electron chi connectivity index (χ2n) is 4.94. The van der Waals surface area contributed by atoms with E-state index < -0.39 is 0 Å². The van der Waals surface area contributed by atoms with Gasteiger partial charge in [-0.15, -0.1) is 0 Å². The number of hydrogen-bond acceptors (Lipinski definition) is 2. The van der Waals surface area contributed by atoms with Crippen molar-refractivity contribution >= 4 is 0 Å². The van der Waals surface area contributed by atoms with E-state index >= 15 is 0 Å². The highest BCUT2D eigenvalue weighted by Gasteiger charge is 2.29. The maximum Gasteiger partial charge on any atom is 0.0246 e. The molecule has 0 bridgehead atoms. The van der Waals surface area contributed by atoms with E-state index in [0.717, 1.165) is 12.5 Å². The first-order valence-corrected chi connectivity index (χ1v) is 6.36. The van der Waals surface area contributed by atoms with Crippen LogP contribution in [-0.4, -0.2) is 30.6 Å². The van der Waals surface area contributed by atoms with Crippen LogP contribution < -0.4 is 5.73 Å². The average Bonchev–Trinajstić information content (AvgIpc) is 2.38. The molecule has 2 fully saturated rings. The summed E-state index contributed by atoms with van der Waals surface area (Å²) in [5.74, 6) is 0.905. The Morgan fingerprint density at radius 2 is 1.64 bits per heavy atom. The zero-order valence-electron chi connectivity index (χ0n) is 9.25. The summed E-state index contributed by atoms with van der Waals surface area (Å²) in [5, 5.41) is 0. The maximum absolute atomic E-state index is 5.92. The van der Waals surface area contributed by atoms with Crippen molar-refractivity contribution in [1.29, 1.82) is 0 Å². The first kappa shape index (κ1) is 10.4. The molecule has 14 heavy (non-hydrogen) atoms. The molecule has 1 unspecified atom stereocenters. The van der Waals surface area contributed by atoms with Crippen LogP contribution in [0.5, 0.6) is 0 Å². The van der Waals surface area contributed by atoms with Gasteiger partial charge in [0.2, 0.25) is 0 Å². The predicted octanol–water partition coefficient (Wildman–Crippen LogP) is 1.99. The van der Waals surface area contributed by atoms with Crippen molar-refractivity contribution in [3.05, 3.63) is 0 Å². The summed E-state index contributed by atoms with van der Waals surface area (Å²) in [6.07, 6.45) is 10.0. The third-order valence-electron chi connectivity index (χ3n) is 4.05. The molecule has 1 aliphatic heterocycles. The predicted molar refractivity (Wildman–Crippen MR) is 60.2 cm³/mol. The Labute approximate surface area is 87.8 Å². The van der Waals surface area contributed by atoms with Crippen LogP contribution in [0.1, 0.15) is 44.9 Å². The zero-order chi connectivity index (χ0) is 9.80. The molecule has 2 rings (SSSR count). The molecule has 0 spiro atoms. The Kier molecular flexibility index (Phi) is 3.82. The van der Waals surface area contributed by atoms with Crippen molar-refractivity contribution in [3.63, 3.8) is 0 Å². The molecule has 0 radical (unpaired) electrons. The second-order valence-corrected chi connectivity index (χ2v) is 4.94. The monoisotopic (exact) mass is 196 g/mol. The summed E-state index contributed by atoms with van der Waals surface area (Å²) in [4.78, 5) is 2.61. The van der Waals surface area contributed by atoms with Gasteiger partial charge in [0.25, 0.3) is 0 Å². The minimum absolute atomic E-state index is 0.710. The van der Waals surface area contributed by atoms with E-state index in [2.05, 4.69) is 4.90 Å². The van der Waals surface area contributed by atoms with Crippen molar-refractivity contribution in [2.45, 2.75) is 51.0 Å². The Hall–Kier alpha value is -0.0800. The lowest BCUT2D eigenvalue weighted by molar-refractivity contribution is 0.0761. The summed E-state index contributed by atoms with van der Waals surface area (Å²) in [5.41, 5.74) is 5.92. The fraction of sp³-hybridized carbons (Fsp3) is 1.00. The molecule has 0 aromatic heterocycles. The van der Waals surface area contributed by atoms with E-state index in [1.165, 1.54) is 58.0 Å². The molecular weight excluding hydrogens is 172 g/mol. The van der Waals surface area contributed by atoms with Gasteiger partial charge in [-0.1, -0.05) is 25.7 Å². The van der Waals surface area contributed by atoms with Crippen LogP contribution in [0.4, 0.5) is 0 Å². The minimum atomic E-state index is 0.710. The quantitative estimate of drug-likeness (QED) is 0.699. The fourth-order valence-electron chi connectivity index (χ4n) is 3.01. The standard InChI is InChI=1S/C12H24N2/c13-10-12(14-8-5-9-14)11-6-3-1-2-4-7-11/h11-12H,1-10,13H2. The van der Waals surface area contributed by atoms with Crippen LogP contribution in [-0.2, 0) is 0 Å². The summed E-state index contributed by atoms with van der Waals surface area (Å²) in [6, 6.07) is 0.710. The zero-order valence-corrected chi connectivity index (χ0v) is 9.25. The SMILES string of the molecule is NCC(C1CCCCCC1)N1CCC1. The van der Waals surface area contributed by atoms with Gasteiger partial charge in [0.1, 0.15) is 0 Å². The molecule has 0 aromatic rings. The van der Waals surface area contributed by atoms with Gasteiger partial charge in [0, 0.05) is 12.6 Å². The van der Waals surface area contributed by atoms with Crippen molar-refractivity contribution in [1.82, 2.24) is 4.90 Å². The highest BCUT2D eigenvalue weighted by molar-refractivity contribution is 4.85.